The van der Waals surface area contributed by atoms with Crippen molar-refractivity contribution in [1.29, 1.82) is 0 Å². The van der Waals surface area contributed by atoms with Crippen molar-refractivity contribution in [2.45, 2.75) is 44.2 Å². The first-order chi connectivity index (χ1) is 16.4. The molecule has 0 radical (unpaired) electrons. The minimum absolute atomic E-state index is 0.0131. The van der Waals surface area contributed by atoms with Crippen LogP contribution in [0, 0.1) is 18.8 Å². The maximum absolute atomic E-state index is 13.7. The van der Waals surface area contributed by atoms with E-state index in [1.54, 1.807) is 31.4 Å². The molecule has 1 saturated heterocycles. The number of nitroso groups, excluding NO2 is 1. The van der Waals surface area contributed by atoms with E-state index >= 15 is 0 Å². The minimum atomic E-state index is -4.51. The summed E-state index contributed by atoms with van der Waals surface area (Å²) >= 11 is 11.2. The predicted molar refractivity (Wildman–Crippen MR) is 130 cm³/mol. The summed E-state index contributed by atoms with van der Waals surface area (Å²) in [5, 5.41) is 6.66. The summed E-state index contributed by atoms with van der Waals surface area (Å²) in [6.07, 6.45) is 1.49. The van der Waals surface area contributed by atoms with Gasteiger partial charge in [0.1, 0.15) is 5.69 Å². The summed E-state index contributed by atoms with van der Waals surface area (Å²) in [4.78, 5) is 28.4. The van der Waals surface area contributed by atoms with Crippen molar-refractivity contribution in [2.75, 3.05) is 6.61 Å². The number of rotatable bonds is 6. The van der Waals surface area contributed by atoms with Crippen LogP contribution in [-0.4, -0.2) is 51.1 Å². The second-order valence-corrected chi connectivity index (χ2v) is 10.5. The number of sulfonamides is 1. The number of esters is 1. The highest BCUT2D eigenvalue weighted by molar-refractivity contribution is 7.91. The molecule has 0 amide bonds. The molecule has 2 unspecified atom stereocenters. The van der Waals surface area contributed by atoms with Gasteiger partial charge in [0, 0.05) is 17.8 Å². The van der Waals surface area contributed by atoms with Gasteiger partial charge in [-0.3, -0.25) is 0 Å². The van der Waals surface area contributed by atoms with Crippen molar-refractivity contribution in [2.24, 2.45) is 5.18 Å². The molecular formula is C21H20ClN5O6S2. The maximum Gasteiger partial charge on any atom is 0.334 e. The zero-order chi connectivity index (χ0) is 25.7. The van der Waals surface area contributed by atoms with E-state index in [9.17, 15) is 18.1 Å². The molecule has 2 aromatic heterocycles. The normalized spacial score (nSPS) is 20.2. The quantitative estimate of drug-likeness (QED) is 0.263. The summed E-state index contributed by atoms with van der Waals surface area (Å²) in [5.74, 6) is -0.878. The van der Waals surface area contributed by atoms with E-state index in [-0.39, 0.29) is 22.2 Å². The van der Waals surface area contributed by atoms with Crippen LogP contribution in [0.25, 0.3) is 5.65 Å². The van der Waals surface area contributed by atoms with Gasteiger partial charge in [0.25, 0.3) is 15.2 Å². The van der Waals surface area contributed by atoms with Crippen LogP contribution < -0.4 is 0 Å². The zero-order valence-electron chi connectivity index (χ0n) is 19.1. The van der Waals surface area contributed by atoms with Gasteiger partial charge in [0.15, 0.2) is 17.3 Å². The lowest BCUT2D eigenvalue weighted by Gasteiger charge is -2.31. The zero-order valence-corrected chi connectivity index (χ0v) is 21.4. The number of carbonyl (C=O) groups excluding carboxylic acids is 1. The molecule has 4 rings (SSSR count). The van der Waals surface area contributed by atoms with E-state index in [1.807, 2.05) is 0 Å². The topological polar surface area (TPSA) is 133 Å². The number of thiocarbonyl (C=S) groups is 1. The van der Waals surface area contributed by atoms with Gasteiger partial charge in [-0.15, -0.1) is 4.91 Å². The highest BCUT2D eigenvalue weighted by Crippen LogP contribution is 2.43. The first-order valence-corrected chi connectivity index (χ1v) is 12.6. The summed E-state index contributed by atoms with van der Waals surface area (Å²) in [7, 11) is -4.51. The fraction of sp³-hybridized carbons (Fsp3) is 0.333. The van der Waals surface area contributed by atoms with Gasteiger partial charge >= 0.3 is 5.97 Å². The Kier molecular flexibility index (Phi) is 6.28. The van der Waals surface area contributed by atoms with E-state index in [2.05, 4.69) is 15.3 Å². The minimum Gasteiger partial charge on any atom is -0.464 e. The first-order valence-electron chi connectivity index (χ1n) is 10.3. The van der Waals surface area contributed by atoms with E-state index < -0.39 is 32.8 Å². The number of fused-ring (bicyclic) bond motifs is 1. The molecule has 184 valence electrons. The van der Waals surface area contributed by atoms with Gasteiger partial charge < -0.3 is 9.47 Å². The molecule has 0 saturated carbocycles. The third kappa shape index (κ3) is 3.93. The van der Waals surface area contributed by atoms with Crippen LogP contribution in [0.1, 0.15) is 30.8 Å². The van der Waals surface area contributed by atoms with E-state index in [0.29, 0.717) is 21.2 Å². The summed E-state index contributed by atoms with van der Waals surface area (Å²) < 4.78 is 40.8. The fourth-order valence-corrected chi connectivity index (χ4v) is 6.33. The molecule has 0 spiro atoms. The Labute approximate surface area is 211 Å². The van der Waals surface area contributed by atoms with Crippen LogP contribution >= 0.6 is 23.8 Å². The van der Waals surface area contributed by atoms with Crippen molar-refractivity contribution < 1.29 is 22.7 Å². The Balaban J connectivity index is 1.92. The molecule has 1 aromatic carbocycles. The van der Waals surface area contributed by atoms with Crippen molar-refractivity contribution in [3.63, 3.8) is 0 Å². The highest BCUT2D eigenvalue weighted by Gasteiger charge is 2.60. The Morgan fingerprint density at radius 3 is 2.71 bits per heavy atom. The maximum atomic E-state index is 13.7. The van der Waals surface area contributed by atoms with Crippen molar-refractivity contribution in [3.8, 4) is 0 Å². The SMILES string of the molecule is CCOC(=O)C1N(S(=O)(=O)c2ccc(Cl)c(N=O)c2)C(=S)OC1(C)c1cnc2cc(C)nn2c1C. The van der Waals surface area contributed by atoms with E-state index in [4.69, 9.17) is 33.3 Å². The Hall–Kier alpha value is -3.16. The smallest absolute Gasteiger partial charge is 0.334 e. The molecule has 0 N–H and O–H groups in total. The number of carbonyl (C=O) groups is 1. The third-order valence-electron chi connectivity index (χ3n) is 5.70. The number of hydrogen-bond donors (Lipinski definition) is 0. The molecule has 14 heteroatoms. The Morgan fingerprint density at radius 1 is 1.34 bits per heavy atom. The van der Waals surface area contributed by atoms with Crippen LogP contribution in [0.2, 0.25) is 5.02 Å². The molecule has 0 bridgehead atoms. The highest BCUT2D eigenvalue weighted by atomic mass is 35.5. The van der Waals surface area contributed by atoms with Gasteiger partial charge in [-0.05, 0) is 63.3 Å². The van der Waals surface area contributed by atoms with Crippen LogP contribution in [0.15, 0.2) is 40.5 Å². The van der Waals surface area contributed by atoms with Gasteiger partial charge in [-0.1, -0.05) is 11.6 Å². The number of benzene rings is 1. The van der Waals surface area contributed by atoms with Gasteiger partial charge in [-0.25, -0.2) is 27.0 Å². The molecule has 1 aliphatic rings. The molecule has 35 heavy (non-hydrogen) atoms. The second kappa shape index (κ2) is 8.81. The van der Waals surface area contributed by atoms with Gasteiger partial charge in [0.05, 0.1) is 27.9 Å². The molecule has 3 aromatic rings. The second-order valence-electron chi connectivity index (χ2n) is 7.95. The number of aromatic nitrogens is 3. The molecular weight excluding hydrogens is 518 g/mol. The van der Waals surface area contributed by atoms with Gasteiger partial charge in [0.2, 0.25) is 0 Å². The summed E-state index contributed by atoms with van der Waals surface area (Å²) in [6, 6.07) is 3.62. The van der Waals surface area contributed by atoms with Crippen LogP contribution in [0.5, 0.6) is 0 Å². The summed E-state index contributed by atoms with van der Waals surface area (Å²) in [6.45, 7) is 6.66. The van der Waals surface area contributed by atoms with Crippen molar-refractivity contribution in [3.05, 3.63) is 57.3 Å². The van der Waals surface area contributed by atoms with E-state index in [1.165, 1.54) is 25.3 Å². The number of ether oxygens (including phenoxy) is 2. The molecule has 3 heterocycles. The number of aryl methyl sites for hydroxylation is 2. The number of halogens is 1. The van der Waals surface area contributed by atoms with Gasteiger partial charge in [-0.2, -0.15) is 5.10 Å². The Bertz CT molecular complexity index is 1490. The number of hydrogen-bond acceptors (Lipinski definition) is 10. The van der Waals surface area contributed by atoms with Crippen molar-refractivity contribution in [1.82, 2.24) is 18.9 Å². The average molecular weight is 538 g/mol. The standard InChI is InChI=1S/C21H20ClN5O6S2/c1-5-32-19(28)18-21(4,14-10-23-17-8-11(2)24-26(17)12(14)3)33-20(34)27(18)35(30,31)13-6-7-15(22)16(9-13)25-29/h6-10,18H,5H2,1-4H3. The third-order valence-corrected chi connectivity index (χ3v) is 8.16. The molecule has 2 atom stereocenters. The van der Waals surface area contributed by atoms with Crippen LogP contribution in [0.3, 0.4) is 0 Å². The Morgan fingerprint density at radius 2 is 2.06 bits per heavy atom. The largest absolute Gasteiger partial charge is 0.464 e. The predicted octanol–water partition coefficient (Wildman–Crippen LogP) is 3.55. The number of nitrogens with zero attached hydrogens (tertiary/aromatic N) is 5. The lowest BCUT2D eigenvalue weighted by molar-refractivity contribution is -0.150. The first kappa shape index (κ1) is 24.9. The van der Waals surface area contributed by atoms with Crippen LogP contribution in [-0.2, 0) is 29.9 Å². The average Bonchev–Trinajstić information content (AvgIpc) is 3.31. The molecule has 1 fully saturated rings. The lowest BCUT2D eigenvalue weighted by Crippen LogP contribution is -2.50. The fourth-order valence-electron chi connectivity index (χ4n) is 4.08. The molecule has 1 aliphatic heterocycles. The van der Waals surface area contributed by atoms with Crippen LogP contribution in [0.4, 0.5) is 5.69 Å². The molecule has 0 aliphatic carbocycles. The lowest BCUT2D eigenvalue weighted by atomic mass is 9.88. The summed E-state index contributed by atoms with van der Waals surface area (Å²) in [5.41, 5.74) is 0.353. The van der Waals surface area contributed by atoms with E-state index in [0.717, 1.165) is 11.8 Å². The van der Waals surface area contributed by atoms with Crippen molar-refractivity contribution >= 4 is 56.3 Å². The monoisotopic (exact) mass is 537 g/mol. The molecule has 11 nitrogen and oxygen atoms in total.